The summed E-state index contributed by atoms with van der Waals surface area (Å²) in [5, 5.41) is 12.3. The lowest BCUT2D eigenvalue weighted by Gasteiger charge is -2.51. The average Bonchev–Trinajstić information content (AvgIpc) is 2.98. The highest BCUT2D eigenvalue weighted by Crippen LogP contribution is 2.58. The van der Waals surface area contributed by atoms with Gasteiger partial charge in [0.05, 0.1) is 30.6 Å². The topological polar surface area (TPSA) is 60.8 Å². The number of rotatable bonds is 6. The van der Waals surface area contributed by atoms with Gasteiger partial charge in [0, 0.05) is 36.0 Å². The first-order valence-electron chi connectivity index (χ1n) is 16.6. The number of aliphatic hydroxyl groups excluding tert-OH is 1. The third-order valence-electron chi connectivity index (χ3n) is 11.2. The van der Waals surface area contributed by atoms with E-state index in [1.54, 1.807) is 0 Å². The average molecular weight is 644 g/mol. The lowest BCUT2D eigenvalue weighted by Crippen LogP contribution is -2.46. The lowest BCUT2D eigenvalue weighted by atomic mass is 9.59. The molecule has 45 heavy (non-hydrogen) atoms. The van der Waals surface area contributed by atoms with E-state index in [4.69, 9.17) is 18.9 Å². The van der Waals surface area contributed by atoms with E-state index in [-0.39, 0.29) is 22.5 Å². The van der Waals surface area contributed by atoms with Crippen LogP contribution in [0, 0.1) is 5.41 Å². The third kappa shape index (κ3) is 6.44. The van der Waals surface area contributed by atoms with Gasteiger partial charge in [-0.2, -0.15) is 13.2 Å². The smallest absolute Gasteiger partial charge is 0.410 e. The number of hydrogen-bond acceptors (Lipinski definition) is 5. The summed E-state index contributed by atoms with van der Waals surface area (Å²) in [6.45, 7) is 13.7. The highest BCUT2D eigenvalue weighted by Gasteiger charge is 2.49. The van der Waals surface area contributed by atoms with Gasteiger partial charge in [-0.15, -0.1) is 0 Å². The maximum Gasteiger partial charge on any atom is 0.416 e. The predicted octanol–water partition coefficient (Wildman–Crippen LogP) is 9.06. The molecular weight excluding hydrogens is 595 g/mol. The quantitative estimate of drug-likeness (QED) is 0.318. The number of ether oxygens (including phenoxy) is 2. The fraction of sp³-hybridized carbons (Fsp3) is 0.639. The van der Waals surface area contributed by atoms with Crippen molar-refractivity contribution < 1.29 is 32.2 Å². The molecule has 2 fully saturated rings. The summed E-state index contributed by atoms with van der Waals surface area (Å²) in [5.41, 5.74) is 5.75. The minimum Gasteiger partial charge on any atom is -0.410 e. The fourth-order valence-corrected chi connectivity index (χ4v) is 8.72. The number of aliphatic hydroxyl groups is 1. The zero-order chi connectivity index (χ0) is 32.2. The van der Waals surface area contributed by atoms with Crippen LogP contribution in [0.15, 0.2) is 30.3 Å². The summed E-state index contributed by atoms with van der Waals surface area (Å²) in [6, 6.07) is 4.96. The molecule has 246 valence electrons. The summed E-state index contributed by atoms with van der Waals surface area (Å²) >= 11 is 0. The second kappa shape index (κ2) is 12.2. The normalized spacial score (nSPS) is 23.3. The molecule has 2 atom stereocenters. The van der Waals surface area contributed by atoms with E-state index in [1.807, 2.05) is 0 Å². The zero-order valence-corrected chi connectivity index (χ0v) is 28.4. The van der Waals surface area contributed by atoms with Gasteiger partial charge in [-0.05, 0) is 97.3 Å². The number of hydrogen-bond donors (Lipinski definition) is 1. The fourth-order valence-electron chi connectivity index (χ4n) is 7.46. The molecule has 1 spiro atoms. The van der Waals surface area contributed by atoms with Crippen LogP contribution in [0.25, 0.3) is 5.57 Å². The zero-order valence-electron chi connectivity index (χ0n) is 27.4. The minimum absolute atomic E-state index is 0.00748. The summed E-state index contributed by atoms with van der Waals surface area (Å²) in [5.74, 6) is 0.0846. The molecule has 1 N–H and O–H groups in total. The number of pyridine rings is 1. The molecular formula is C36H48F3NO4Si. The van der Waals surface area contributed by atoms with Crippen LogP contribution < -0.4 is 0 Å². The second-order valence-electron chi connectivity index (χ2n) is 15.2. The van der Waals surface area contributed by atoms with Gasteiger partial charge < -0.3 is 19.0 Å². The van der Waals surface area contributed by atoms with Gasteiger partial charge in [0.2, 0.25) is 0 Å². The number of halogens is 3. The summed E-state index contributed by atoms with van der Waals surface area (Å²) in [6.07, 6.45) is 3.99. The Morgan fingerprint density at radius 3 is 2.27 bits per heavy atom. The maximum absolute atomic E-state index is 13.5. The minimum atomic E-state index is -4.45. The molecule has 9 heteroatoms. The third-order valence-corrected chi connectivity index (χ3v) is 15.7. The monoisotopic (exact) mass is 643 g/mol. The first kappa shape index (κ1) is 32.9. The van der Waals surface area contributed by atoms with Crippen molar-refractivity contribution in [3.05, 3.63) is 69.5 Å². The summed E-state index contributed by atoms with van der Waals surface area (Å²) in [7, 11) is -2.22. The molecule has 1 aromatic heterocycles. The van der Waals surface area contributed by atoms with Crippen molar-refractivity contribution in [3.63, 3.8) is 0 Å². The summed E-state index contributed by atoms with van der Waals surface area (Å²) in [4.78, 5) is 5.50. The van der Waals surface area contributed by atoms with Gasteiger partial charge in [-0.3, -0.25) is 4.98 Å². The Morgan fingerprint density at radius 2 is 1.71 bits per heavy atom. The van der Waals surface area contributed by atoms with Crippen molar-refractivity contribution in [1.29, 1.82) is 0 Å². The molecule has 3 heterocycles. The van der Waals surface area contributed by atoms with Crippen molar-refractivity contribution >= 4 is 13.9 Å². The molecule has 0 amide bonds. The van der Waals surface area contributed by atoms with Crippen LogP contribution in [-0.2, 0) is 26.5 Å². The maximum atomic E-state index is 13.5. The molecule has 1 aromatic carbocycles. The van der Waals surface area contributed by atoms with Crippen LogP contribution >= 0.6 is 0 Å². The molecule has 5 nitrogen and oxygen atoms in total. The van der Waals surface area contributed by atoms with Gasteiger partial charge in [0.25, 0.3) is 0 Å². The van der Waals surface area contributed by atoms with Crippen molar-refractivity contribution in [2.24, 2.45) is 5.41 Å². The second-order valence-corrected chi connectivity index (χ2v) is 20.0. The largest absolute Gasteiger partial charge is 0.416 e. The van der Waals surface area contributed by atoms with E-state index in [0.717, 1.165) is 71.5 Å². The van der Waals surface area contributed by atoms with Gasteiger partial charge in [0.1, 0.15) is 6.10 Å². The van der Waals surface area contributed by atoms with Gasteiger partial charge >= 0.3 is 6.18 Å². The first-order chi connectivity index (χ1) is 21.2. The Kier molecular flexibility index (Phi) is 8.91. The number of nitrogens with zero attached hydrogens (tertiary/aromatic N) is 1. The van der Waals surface area contributed by atoms with E-state index >= 15 is 0 Å². The van der Waals surface area contributed by atoms with E-state index in [9.17, 15) is 18.3 Å². The molecule has 2 aliphatic heterocycles. The highest BCUT2D eigenvalue weighted by atomic mass is 28.4. The van der Waals surface area contributed by atoms with Crippen LogP contribution in [-0.4, -0.2) is 44.8 Å². The van der Waals surface area contributed by atoms with E-state index in [0.29, 0.717) is 38.4 Å². The molecule has 1 saturated heterocycles. The number of benzene rings is 1. The predicted molar refractivity (Wildman–Crippen MR) is 172 cm³/mol. The molecule has 4 aliphatic rings. The Balaban J connectivity index is 1.59. The van der Waals surface area contributed by atoms with Crippen molar-refractivity contribution in [2.45, 2.75) is 115 Å². The Morgan fingerprint density at radius 1 is 1.02 bits per heavy atom. The van der Waals surface area contributed by atoms with Crippen LogP contribution in [0.5, 0.6) is 0 Å². The number of fused-ring (bicyclic) bond motifs is 1. The van der Waals surface area contributed by atoms with Crippen LogP contribution in [0.2, 0.25) is 18.1 Å². The van der Waals surface area contributed by atoms with Crippen LogP contribution in [0.1, 0.15) is 123 Å². The van der Waals surface area contributed by atoms with E-state index in [2.05, 4.69) is 39.9 Å². The molecule has 1 saturated carbocycles. The van der Waals surface area contributed by atoms with Crippen molar-refractivity contribution in [2.75, 3.05) is 26.4 Å². The molecule has 0 bridgehead atoms. The van der Waals surface area contributed by atoms with Gasteiger partial charge in [-0.1, -0.05) is 45.4 Å². The first-order valence-corrected chi connectivity index (χ1v) is 19.5. The van der Waals surface area contributed by atoms with Gasteiger partial charge in [-0.25, -0.2) is 0 Å². The lowest BCUT2D eigenvalue weighted by molar-refractivity contribution is -0.137. The Hall–Kier alpha value is -2.04. The highest BCUT2D eigenvalue weighted by molar-refractivity contribution is 6.74. The SMILES string of the molecule is CC(C)(C)[Si](C)(C)O[C@H]1CC2(CCC2)Cc2nc(C3CCOCC3)c(C(O)c3ccc(C(F)(F)F)cc3)c(C3=CCOCC3)c21. The van der Waals surface area contributed by atoms with Crippen LogP contribution in [0.4, 0.5) is 13.2 Å². The molecule has 2 aromatic rings. The number of aromatic nitrogens is 1. The van der Waals surface area contributed by atoms with Crippen molar-refractivity contribution in [1.82, 2.24) is 4.98 Å². The summed E-state index contributed by atoms with van der Waals surface area (Å²) < 4.78 is 59.3. The molecule has 2 aliphatic carbocycles. The number of alkyl halides is 3. The van der Waals surface area contributed by atoms with Crippen LogP contribution in [0.3, 0.4) is 0 Å². The van der Waals surface area contributed by atoms with E-state index < -0.39 is 26.2 Å². The standard InChI is InChI=1S/C36H48F3NO4Si/c1-34(2,3)45(4,5)44-28-22-35(15-6-16-35)21-27-30(28)29(23-11-17-42-18-12-23)31(32(40-27)24-13-19-43-20-14-24)33(41)25-7-9-26(10-8-25)36(37,38)39/h7-11,24,28,33,41H,6,12-22H2,1-5H3/t28-,33?/m0/s1. The van der Waals surface area contributed by atoms with E-state index in [1.165, 1.54) is 31.4 Å². The Bertz CT molecular complexity index is 1420. The Labute approximate surface area is 266 Å². The van der Waals surface area contributed by atoms with Crippen molar-refractivity contribution in [3.8, 4) is 0 Å². The molecule has 1 unspecified atom stereocenters. The van der Waals surface area contributed by atoms with Gasteiger partial charge in [0.15, 0.2) is 8.32 Å². The molecule has 6 rings (SSSR count). The molecule has 0 radical (unpaired) electrons.